The van der Waals surface area contributed by atoms with E-state index in [4.69, 9.17) is 20.6 Å². The maximum absolute atomic E-state index is 15.0. The second-order valence-corrected chi connectivity index (χ2v) is 6.83. The summed E-state index contributed by atoms with van der Waals surface area (Å²) in [5, 5.41) is 12.7. The molecule has 0 fully saturated rings. The van der Waals surface area contributed by atoms with Crippen molar-refractivity contribution in [2.75, 3.05) is 19.5 Å². The van der Waals surface area contributed by atoms with Crippen LogP contribution < -0.4 is 25.8 Å². The van der Waals surface area contributed by atoms with Gasteiger partial charge in [0.25, 0.3) is 11.8 Å². The highest BCUT2D eigenvalue weighted by molar-refractivity contribution is 6.06. The number of nitrogens with two attached hydrogens (primary N) is 1. The maximum Gasteiger partial charge on any atom is 0.276 e. The lowest BCUT2D eigenvalue weighted by Gasteiger charge is -2.21. The van der Waals surface area contributed by atoms with Crippen LogP contribution in [0.25, 0.3) is 0 Å². The molecule has 170 valence electrons. The van der Waals surface area contributed by atoms with Gasteiger partial charge in [0.15, 0.2) is 11.5 Å². The Morgan fingerprint density at radius 1 is 1.06 bits per heavy atom. The number of benzene rings is 2. The Kier molecular flexibility index (Phi) is 7.19. The van der Waals surface area contributed by atoms with Gasteiger partial charge in [0, 0.05) is 29.1 Å². The van der Waals surface area contributed by atoms with Crippen LogP contribution in [0.3, 0.4) is 0 Å². The highest BCUT2D eigenvalue weighted by Gasteiger charge is 2.28. The standard InChI is InChI=1S/C23H22FN5O4/c1-32-18-11-15(16(24)12-19(18)33-2)20(28-14-8-6-13(7-9-14)21(25)26)23(31)29-22(30)17-5-3-4-10-27-17/h3-12,20,28H,1-2H3,(H3,25,26)(H,29,30,31). The fourth-order valence-electron chi connectivity index (χ4n) is 3.03. The van der Waals surface area contributed by atoms with E-state index in [0.717, 1.165) is 6.07 Å². The quantitative estimate of drug-likeness (QED) is 0.305. The average molecular weight is 451 g/mol. The number of amides is 2. The molecule has 10 heteroatoms. The topological polar surface area (TPSA) is 139 Å². The molecule has 0 aliphatic heterocycles. The number of ether oxygens (including phenoxy) is 2. The van der Waals surface area contributed by atoms with Crippen molar-refractivity contribution in [3.05, 3.63) is 83.4 Å². The number of hydrogen-bond donors (Lipinski definition) is 4. The zero-order chi connectivity index (χ0) is 24.0. The Bertz CT molecular complexity index is 1170. The molecule has 1 aromatic heterocycles. The van der Waals surface area contributed by atoms with Crippen molar-refractivity contribution in [2.24, 2.45) is 5.73 Å². The van der Waals surface area contributed by atoms with Gasteiger partial charge < -0.3 is 20.5 Å². The fourth-order valence-corrected chi connectivity index (χ4v) is 3.03. The lowest BCUT2D eigenvalue weighted by Crippen LogP contribution is -2.38. The number of rotatable bonds is 8. The van der Waals surface area contributed by atoms with Crippen LogP contribution in [0.4, 0.5) is 10.1 Å². The Hall–Kier alpha value is -4.47. The molecule has 3 rings (SSSR count). The van der Waals surface area contributed by atoms with Gasteiger partial charge in [-0.3, -0.25) is 25.3 Å². The normalized spacial score (nSPS) is 11.2. The van der Waals surface area contributed by atoms with Crippen LogP contribution in [0.2, 0.25) is 0 Å². The van der Waals surface area contributed by atoms with Gasteiger partial charge in [0.05, 0.1) is 14.2 Å². The van der Waals surface area contributed by atoms with Crippen molar-refractivity contribution < 1.29 is 23.5 Å². The second-order valence-electron chi connectivity index (χ2n) is 6.83. The number of halogens is 1. The minimum absolute atomic E-state index is 0.0307. The first-order valence-corrected chi connectivity index (χ1v) is 9.72. The van der Waals surface area contributed by atoms with Gasteiger partial charge in [-0.1, -0.05) is 6.07 Å². The number of aromatic nitrogens is 1. The zero-order valence-electron chi connectivity index (χ0n) is 17.9. The summed E-state index contributed by atoms with van der Waals surface area (Å²) in [6.07, 6.45) is 1.42. The number of imide groups is 1. The van der Waals surface area contributed by atoms with Crippen molar-refractivity contribution in [3.8, 4) is 11.5 Å². The Morgan fingerprint density at radius 3 is 2.30 bits per heavy atom. The molecule has 1 unspecified atom stereocenters. The largest absolute Gasteiger partial charge is 0.493 e. The summed E-state index contributed by atoms with van der Waals surface area (Å²) >= 11 is 0. The summed E-state index contributed by atoms with van der Waals surface area (Å²) in [6.45, 7) is 0. The minimum Gasteiger partial charge on any atom is -0.493 e. The molecule has 1 heterocycles. The van der Waals surface area contributed by atoms with Gasteiger partial charge in [-0.15, -0.1) is 0 Å². The van der Waals surface area contributed by atoms with E-state index in [1.807, 2.05) is 0 Å². The monoisotopic (exact) mass is 451 g/mol. The highest BCUT2D eigenvalue weighted by Crippen LogP contribution is 2.34. The molecule has 2 aromatic carbocycles. The molecule has 0 aliphatic carbocycles. The van der Waals surface area contributed by atoms with Gasteiger partial charge in [-0.05, 0) is 42.5 Å². The molecule has 0 bridgehead atoms. The fraction of sp³-hybridized carbons (Fsp3) is 0.130. The minimum atomic E-state index is -1.32. The molecule has 0 radical (unpaired) electrons. The number of carbonyl (C=O) groups excluding carboxylic acids is 2. The molecule has 5 N–H and O–H groups in total. The van der Waals surface area contributed by atoms with Gasteiger partial charge in [0.1, 0.15) is 23.4 Å². The third-order valence-electron chi connectivity index (χ3n) is 4.72. The third-order valence-corrected chi connectivity index (χ3v) is 4.72. The molecule has 33 heavy (non-hydrogen) atoms. The van der Waals surface area contributed by atoms with E-state index >= 15 is 0 Å². The van der Waals surface area contributed by atoms with E-state index in [9.17, 15) is 14.0 Å². The molecule has 1 atom stereocenters. The van der Waals surface area contributed by atoms with Crippen LogP contribution >= 0.6 is 0 Å². The second kappa shape index (κ2) is 10.2. The van der Waals surface area contributed by atoms with Crippen molar-refractivity contribution in [1.29, 1.82) is 5.41 Å². The van der Waals surface area contributed by atoms with E-state index in [-0.39, 0.29) is 28.6 Å². The Morgan fingerprint density at radius 2 is 1.73 bits per heavy atom. The molecular formula is C23H22FN5O4. The summed E-state index contributed by atoms with van der Waals surface area (Å²) in [6, 6.07) is 12.1. The van der Waals surface area contributed by atoms with E-state index in [2.05, 4.69) is 15.6 Å². The van der Waals surface area contributed by atoms with E-state index in [0.29, 0.717) is 11.3 Å². The van der Waals surface area contributed by atoms with Crippen molar-refractivity contribution >= 4 is 23.3 Å². The number of pyridine rings is 1. The van der Waals surface area contributed by atoms with Crippen molar-refractivity contribution in [1.82, 2.24) is 10.3 Å². The van der Waals surface area contributed by atoms with Crippen LogP contribution in [0.1, 0.15) is 27.7 Å². The zero-order valence-corrected chi connectivity index (χ0v) is 17.9. The predicted molar refractivity (Wildman–Crippen MR) is 120 cm³/mol. The van der Waals surface area contributed by atoms with Crippen molar-refractivity contribution in [2.45, 2.75) is 6.04 Å². The molecule has 0 spiro atoms. The number of amidine groups is 1. The van der Waals surface area contributed by atoms with Gasteiger partial charge >= 0.3 is 0 Å². The number of nitrogens with one attached hydrogen (secondary N) is 3. The summed E-state index contributed by atoms with van der Waals surface area (Å²) in [5.74, 6) is -2.06. The molecule has 0 saturated heterocycles. The van der Waals surface area contributed by atoms with Crippen LogP contribution in [-0.4, -0.2) is 36.9 Å². The van der Waals surface area contributed by atoms with E-state index in [1.54, 1.807) is 36.4 Å². The summed E-state index contributed by atoms with van der Waals surface area (Å²) in [7, 11) is 2.74. The Labute approximate surface area is 189 Å². The number of nitrogen functional groups attached to an aromatic ring is 1. The van der Waals surface area contributed by atoms with Crippen LogP contribution in [0, 0.1) is 11.2 Å². The molecular weight excluding hydrogens is 429 g/mol. The number of anilines is 1. The maximum atomic E-state index is 15.0. The number of methoxy groups -OCH3 is 2. The van der Waals surface area contributed by atoms with Gasteiger partial charge in [-0.2, -0.15) is 0 Å². The van der Waals surface area contributed by atoms with Gasteiger partial charge in [0.2, 0.25) is 0 Å². The highest BCUT2D eigenvalue weighted by atomic mass is 19.1. The molecule has 2 amide bonds. The summed E-state index contributed by atoms with van der Waals surface area (Å²) in [5.41, 5.74) is 6.34. The first-order chi connectivity index (χ1) is 15.8. The van der Waals surface area contributed by atoms with Crippen LogP contribution in [0.15, 0.2) is 60.8 Å². The predicted octanol–water partition coefficient (Wildman–Crippen LogP) is 2.63. The number of hydrogen-bond acceptors (Lipinski definition) is 7. The van der Waals surface area contributed by atoms with Crippen molar-refractivity contribution in [3.63, 3.8) is 0 Å². The number of nitrogens with zero attached hydrogens (tertiary/aromatic N) is 1. The molecule has 0 aliphatic rings. The first kappa shape index (κ1) is 23.2. The summed E-state index contributed by atoms with van der Waals surface area (Å²) in [4.78, 5) is 29.5. The Balaban J connectivity index is 1.98. The molecule has 0 saturated carbocycles. The first-order valence-electron chi connectivity index (χ1n) is 9.72. The SMILES string of the molecule is COc1cc(F)c(C(Nc2ccc(C(=N)N)cc2)C(=O)NC(=O)c2ccccn2)cc1OC. The van der Waals surface area contributed by atoms with Gasteiger partial charge in [-0.25, -0.2) is 4.39 Å². The van der Waals surface area contributed by atoms with E-state index in [1.165, 1.54) is 32.5 Å². The lowest BCUT2D eigenvalue weighted by molar-refractivity contribution is -0.121. The van der Waals surface area contributed by atoms with Crippen LogP contribution in [-0.2, 0) is 4.79 Å². The molecule has 3 aromatic rings. The molecule has 9 nitrogen and oxygen atoms in total. The average Bonchev–Trinajstić information content (AvgIpc) is 2.83. The summed E-state index contributed by atoms with van der Waals surface area (Å²) < 4.78 is 25.3. The number of carbonyl (C=O) groups is 2. The van der Waals surface area contributed by atoms with Crippen LogP contribution in [0.5, 0.6) is 11.5 Å². The smallest absolute Gasteiger partial charge is 0.276 e. The third kappa shape index (κ3) is 5.42. The lowest BCUT2D eigenvalue weighted by atomic mass is 10.0. The van der Waals surface area contributed by atoms with E-state index < -0.39 is 23.7 Å².